The Bertz CT molecular complexity index is 163. The molecule has 0 spiro atoms. The van der Waals surface area contributed by atoms with Gasteiger partial charge in [0.15, 0.2) is 0 Å². The molecular formula is C8H16BrNO2. The summed E-state index contributed by atoms with van der Waals surface area (Å²) in [6, 6.07) is -0.593. The van der Waals surface area contributed by atoms with E-state index in [1.54, 1.807) is 0 Å². The van der Waals surface area contributed by atoms with Gasteiger partial charge in [0.05, 0.1) is 0 Å². The molecule has 2 N–H and O–H groups in total. The molecule has 0 unspecified atom stereocenters. The molecule has 0 saturated heterocycles. The zero-order chi connectivity index (χ0) is 9.94. The predicted molar refractivity (Wildman–Crippen MR) is 52.2 cm³/mol. The third-order valence-electron chi connectivity index (χ3n) is 1.17. The van der Waals surface area contributed by atoms with E-state index in [9.17, 15) is 4.79 Å². The molecule has 0 aromatic rings. The van der Waals surface area contributed by atoms with Crippen LogP contribution in [0.4, 0.5) is 0 Å². The molecule has 0 rings (SSSR count). The van der Waals surface area contributed by atoms with E-state index in [0.717, 1.165) is 0 Å². The SMILES string of the molecule is C[C@@H](Br)[C@H](N)C(=O)OC(C)(C)C. The molecule has 0 bridgehead atoms. The van der Waals surface area contributed by atoms with E-state index in [2.05, 4.69) is 15.9 Å². The van der Waals surface area contributed by atoms with Gasteiger partial charge < -0.3 is 10.5 Å². The lowest BCUT2D eigenvalue weighted by molar-refractivity contribution is -0.156. The topological polar surface area (TPSA) is 52.3 Å². The molecule has 12 heavy (non-hydrogen) atoms. The first-order chi connectivity index (χ1) is 5.24. The summed E-state index contributed by atoms with van der Waals surface area (Å²) in [6.45, 7) is 7.26. The molecule has 0 aromatic heterocycles. The highest BCUT2D eigenvalue weighted by Crippen LogP contribution is 2.11. The number of nitrogens with two attached hydrogens (primary N) is 1. The first kappa shape index (κ1) is 11.9. The first-order valence-electron chi connectivity index (χ1n) is 3.86. The van der Waals surface area contributed by atoms with Gasteiger partial charge in [-0.1, -0.05) is 22.9 Å². The van der Waals surface area contributed by atoms with Gasteiger partial charge >= 0.3 is 5.97 Å². The second-order valence-corrected chi connectivity index (χ2v) is 5.18. The molecule has 0 aliphatic carbocycles. The standard InChI is InChI=1S/C8H16BrNO2/c1-5(9)6(10)7(11)12-8(2,3)4/h5-6H,10H2,1-4H3/t5-,6+/m1/s1. The molecule has 0 heterocycles. The first-order valence-corrected chi connectivity index (χ1v) is 4.78. The van der Waals surface area contributed by atoms with Gasteiger partial charge in [0.1, 0.15) is 11.6 Å². The highest BCUT2D eigenvalue weighted by atomic mass is 79.9. The number of carbonyl (C=O) groups excluding carboxylic acids is 1. The van der Waals surface area contributed by atoms with Crippen LogP contribution in [-0.2, 0) is 9.53 Å². The van der Waals surface area contributed by atoms with Gasteiger partial charge in [-0.2, -0.15) is 0 Å². The third-order valence-corrected chi connectivity index (χ3v) is 1.74. The van der Waals surface area contributed by atoms with Crippen molar-refractivity contribution in [2.75, 3.05) is 0 Å². The van der Waals surface area contributed by atoms with Crippen LogP contribution in [0.3, 0.4) is 0 Å². The molecule has 0 aromatic carbocycles. The van der Waals surface area contributed by atoms with Gasteiger partial charge in [-0.25, -0.2) is 0 Å². The molecule has 0 saturated carbocycles. The molecule has 0 amide bonds. The quantitative estimate of drug-likeness (QED) is 0.585. The van der Waals surface area contributed by atoms with Crippen LogP contribution < -0.4 is 5.73 Å². The molecule has 0 aliphatic rings. The number of hydrogen-bond acceptors (Lipinski definition) is 3. The van der Waals surface area contributed by atoms with E-state index in [4.69, 9.17) is 10.5 Å². The summed E-state index contributed by atoms with van der Waals surface area (Å²) in [5.41, 5.74) is 5.08. The Hall–Kier alpha value is -0.0900. The van der Waals surface area contributed by atoms with Crippen LogP contribution in [-0.4, -0.2) is 22.4 Å². The molecule has 0 radical (unpaired) electrons. The summed E-state index contributed by atoms with van der Waals surface area (Å²) in [6.07, 6.45) is 0. The van der Waals surface area contributed by atoms with Crippen molar-refractivity contribution in [1.82, 2.24) is 0 Å². The lowest BCUT2D eigenvalue weighted by atomic mass is 10.2. The van der Waals surface area contributed by atoms with Gasteiger partial charge in [-0.05, 0) is 20.8 Å². The van der Waals surface area contributed by atoms with Crippen LogP contribution >= 0.6 is 15.9 Å². The highest BCUT2D eigenvalue weighted by molar-refractivity contribution is 9.09. The zero-order valence-corrected chi connectivity index (χ0v) is 9.51. The number of carbonyl (C=O) groups is 1. The second-order valence-electron chi connectivity index (χ2n) is 3.74. The average molecular weight is 238 g/mol. The summed E-state index contributed by atoms with van der Waals surface area (Å²) in [5, 5.41) is 0. The van der Waals surface area contributed by atoms with Crippen molar-refractivity contribution in [3.63, 3.8) is 0 Å². The Kier molecular flexibility index (Phi) is 4.20. The van der Waals surface area contributed by atoms with Crippen LogP contribution in [0.5, 0.6) is 0 Å². The summed E-state index contributed by atoms with van der Waals surface area (Å²) >= 11 is 3.22. The van der Waals surface area contributed by atoms with Crippen molar-refractivity contribution in [2.45, 2.75) is 44.2 Å². The molecule has 2 atom stereocenters. The third kappa shape index (κ3) is 4.72. The summed E-state index contributed by atoms with van der Waals surface area (Å²) < 4.78 is 5.07. The number of ether oxygens (including phenoxy) is 1. The van der Waals surface area contributed by atoms with Gasteiger partial charge in [-0.15, -0.1) is 0 Å². The highest BCUT2D eigenvalue weighted by Gasteiger charge is 2.24. The molecule has 3 nitrogen and oxygen atoms in total. The minimum atomic E-state index is -0.593. The van der Waals surface area contributed by atoms with Gasteiger partial charge in [-0.3, -0.25) is 4.79 Å². The number of rotatable bonds is 2. The smallest absolute Gasteiger partial charge is 0.324 e. The van der Waals surface area contributed by atoms with Crippen LogP contribution in [0.15, 0.2) is 0 Å². The van der Waals surface area contributed by atoms with Gasteiger partial charge in [0.25, 0.3) is 0 Å². The van der Waals surface area contributed by atoms with Crippen molar-refractivity contribution in [3.8, 4) is 0 Å². The van der Waals surface area contributed by atoms with E-state index in [0.29, 0.717) is 0 Å². The summed E-state index contributed by atoms with van der Waals surface area (Å²) in [4.78, 5) is 11.2. The van der Waals surface area contributed by atoms with E-state index in [1.165, 1.54) is 0 Å². The van der Waals surface area contributed by atoms with Crippen molar-refractivity contribution >= 4 is 21.9 Å². The van der Waals surface area contributed by atoms with E-state index in [-0.39, 0.29) is 10.8 Å². The number of esters is 1. The van der Waals surface area contributed by atoms with Crippen molar-refractivity contribution in [1.29, 1.82) is 0 Å². The second kappa shape index (κ2) is 4.23. The molecular weight excluding hydrogens is 222 g/mol. The monoisotopic (exact) mass is 237 g/mol. The summed E-state index contributed by atoms with van der Waals surface area (Å²) in [7, 11) is 0. The van der Waals surface area contributed by atoms with Crippen LogP contribution in [0, 0.1) is 0 Å². The predicted octanol–water partition coefficient (Wildman–Crippen LogP) is 1.44. The van der Waals surface area contributed by atoms with Crippen LogP contribution in [0.25, 0.3) is 0 Å². The lowest BCUT2D eigenvalue weighted by Crippen LogP contribution is -2.42. The van der Waals surface area contributed by atoms with E-state index in [1.807, 2.05) is 27.7 Å². The number of halogens is 1. The fourth-order valence-corrected chi connectivity index (χ4v) is 0.773. The summed E-state index contributed by atoms with van der Waals surface area (Å²) in [5.74, 6) is -0.369. The molecule has 4 heteroatoms. The van der Waals surface area contributed by atoms with E-state index < -0.39 is 11.6 Å². The molecule has 72 valence electrons. The largest absolute Gasteiger partial charge is 0.459 e. The van der Waals surface area contributed by atoms with Gasteiger partial charge in [0, 0.05) is 4.83 Å². The average Bonchev–Trinajstić information content (AvgIpc) is 1.82. The van der Waals surface area contributed by atoms with Crippen molar-refractivity contribution < 1.29 is 9.53 Å². The zero-order valence-electron chi connectivity index (χ0n) is 7.93. The lowest BCUT2D eigenvalue weighted by Gasteiger charge is -2.22. The van der Waals surface area contributed by atoms with Crippen molar-refractivity contribution in [3.05, 3.63) is 0 Å². The number of alkyl halides is 1. The minimum Gasteiger partial charge on any atom is -0.459 e. The van der Waals surface area contributed by atoms with E-state index >= 15 is 0 Å². The fraction of sp³-hybridized carbons (Fsp3) is 0.875. The Labute approximate surface area is 81.8 Å². The maximum atomic E-state index is 11.2. The van der Waals surface area contributed by atoms with Crippen molar-refractivity contribution in [2.24, 2.45) is 5.73 Å². The Morgan fingerprint density at radius 1 is 1.50 bits per heavy atom. The number of hydrogen-bond donors (Lipinski definition) is 1. The Morgan fingerprint density at radius 3 is 2.17 bits per heavy atom. The van der Waals surface area contributed by atoms with Crippen LogP contribution in [0.2, 0.25) is 0 Å². The fourth-order valence-electron chi connectivity index (χ4n) is 0.557. The van der Waals surface area contributed by atoms with Crippen LogP contribution in [0.1, 0.15) is 27.7 Å². The maximum absolute atomic E-state index is 11.2. The minimum absolute atomic E-state index is 0.0626. The normalized spacial score (nSPS) is 16.8. The Morgan fingerprint density at radius 2 is 1.92 bits per heavy atom. The molecule has 0 fully saturated rings. The maximum Gasteiger partial charge on any atom is 0.324 e. The molecule has 0 aliphatic heterocycles. The Balaban J connectivity index is 4.05. The van der Waals surface area contributed by atoms with Gasteiger partial charge in [0.2, 0.25) is 0 Å².